The number of hydrogen-bond acceptors (Lipinski definition) is 2. The number of carbonyl (C=O) groups is 1. The number of aromatic nitrogens is 1. The van der Waals surface area contributed by atoms with Gasteiger partial charge < -0.3 is 4.57 Å². The molecule has 0 N–H and O–H groups in total. The Morgan fingerprint density at radius 1 is 1.17 bits per heavy atom. The van der Waals surface area contributed by atoms with Crippen molar-refractivity contribution in [1.82, 2.24) is 4.57 Å². The zero-order valence-electron chi connectivity index (χ0n) is 12.7. The minimum Gasteiger partial charge on any atom is -0.319 e. The molecule has 24 heavy (non-hydrogen) atoms. The van der Waals surface area contributed by atoms with Crippen LogP contribution in [0, 0.1) is 6.92 Å². The Morgan fingerprint density at radius 3 is 2.62 bits per heavy atom. The minimum absolute atomic E-state index is 0.0442. The lowest BCUT2D eigenvalue weighted by molar-refractivity contribution is -0.169. The molecule has 0 atom stereocenters. The molecule has 0 aliphatic rings. The second-order valence-electron chi connectivity index (χ2n) is 5.31. The van der Waals surface area contributed by atoms with Gasteiger partial charge in [0.05, 0.1) is 6.54 Å². The highest BCUT2D eigenvalue weighted by molar-refractivity contribution is 7.09. The van der Waals surface area contributed by atoms with Gasteiger partial charge in [-0.15, -0.1) is 11.3 Å². The summed E-state index contributed by atoms with van der Waals surface area (Å²) in [4.78, 5) is 15.2. The molecular weight excluding hydrogens is 337 g/mol. The van der Waals surface area contributed by atoms with E-state index in [1.807, 2.05) is 42.5 Å². The first-order valence-corrected chi connectivity index (χ1v) is 7.95. The topological polar surface area (TPSA) is 34.4 Å². The Labute approximate surface area is 139 Å². The number of nitrogens with zero attached hydrogens (tertiary/aromatic N) is 2. The maximum Gasteiger partial charge on any atom is 0.473 e. The van der Waals surface area contributed by atoms with Crippen molar-refractivity contribution in [2.24, 2.45) is 4.99 Å². The number of thiazole rings is 1. The SMILES string of the molecule is Cc1cn(Cc2cccc3ccccc23)c(=NC(=O)C(F)(F)F)s1. The molecule has 1 amide bonds. The van der Waals surface area contributed by atoms with E-state index in [1.54, 1.807) is 17.7 Å². The van der Waals surface area contributed by atoms with Gasteiger partial charge in [0.25, 0.3) is 0 Å². The van der Waals surface area contributed by atoms with Crippen molar-refractivity contribution >= 4 is 28.0 Å². The van der Waals surface area contributed by atoms with Gasteiger partial charge in [0, 0.05) is 11.1 Å². The quantitative estimate of drug-likeness (QED) is 0.687. The molecule has 0 fully saturated rings. The number of hydrogen-bond donors (Lipinski definition) is 0. The van der Waals surface area contributed by atoms with Gasteiger partial charge in [0.2, 0.25) is 0 Å². The molecule has 0 saturated heterocycles. The molecule has 124 valence electrons. The zero-order chi connectivity index (χ0) is 17.3. The largest absolute Gasteiger partial charge is 0.473 e. The summed E-state index contributed by atoms with van der Waals surface area (Å²) in [5, 5.41) is 2.07. The molecule has 0 saturated carbocycles. The van der Waals surface area contributed by atoms with Crippen LogP contribution in [0.3, 0.4) is 0 Å². The molecule has 1 aromatic heterocycles. The molecule has 0 spiro atoms. The number of halogens is 3. The van der Waals surface area contributed by atoms with Crippen molar-refractivity contribution in [2.75, 3.05) is 0 Å². The van der Waals surface area contributed by atoms with E-state index in [4.69, 9.17) is 0 Å². The van der Waals surface area contributed by atoms with Crippen molar-refractivity contribution in [3.63, 3.8) is 0 Å². The van der Waals surface area contributed by atoms with Gasteiger partial charge in [-0.25, -0.2) is 0 Å². The van der Waals surface area contributed by atoms with E-state index >= 15 is 0 Å². The molecule has 3 aromatic rings. The first-order chi connectivity index (χ1) is 11.3. The Balaban J connectivity index is 2.05. The first-order valence-electron chi connectivity index (χ1n) is 7.14. The van der Waals surface area contributed by atoms with Crippen LogP contribution in [-0.4, -0.2) is 16.7 Å². The Bertz CT molecular complexity index is 964. The van der Waals surface area contributed by atoms with Crippen molar-refractivity contribution in [1.29, 1.82) is 0 Å². The highest BCUT2D eigenvalue weighted by Gasteiger charge is 2.38. The maximum absolute atomic E-state index is 12.5. The summed E-state index contributed by atoms with van der Waals surface area (Å²) < 4.78 is 39.0. The van der Waals surface area contributed by atoms with Gasteiger partial charge in [-0.3, -0.25) is 4.79 Å². The van der Waals surface area contributed by atoms with Crippen LogP contribution >= 0.6 is 11.3 Å². The van der Waals surface area contributed by atoms with Crippen LogP contribution in [0.2, 0.25) is 0 Å². The number of alkyl halides is 3. The fourth-order valence-electron chi connectivity index (χ4n) is 2.47. The Morgan fingerprint density at radius 2 is 1.88 bits per heavy atom. The number of aryl methyl sites for hydroxylation is 1. The van der Waals surface area contributed by atoms with Crippen LogP contribution in [0.25, 0.3) is 10.8 Å². The molecule has 0 bridgehead atoms. The summed E-state index contributed by atoms with van der Waals surface area (Å²) in [7, 11) is 0. The van der Waals surface area contributed by atoms with Crippen molar-refractivity contribution in [3.05, 3.63) is 63.9 Å². The lowest BCUT2D eigenvalue weighted by Crippen LogP contribution is -2.25. The monoisotopic (exact) mass is 350 g/mol. The predicted octanol–water partition coefficient (Wildman–Crippen LogP) is 4.05. The van der Waals surface area contributed by atoms with Crippen LogP contribution in [0.5, 0.6) is 0 Å². The number of rotatable bonds is 2. The van der Waals surface area contributed by atoms with Gasteiger partial charge in [0.15, 0.2) is 4.80 Å². The highest BCUT2D eigenvalue weighted by Crippen LogP contribution is 2.20. The third-order valence-electron chi connectivity index (χ3n) is 3.50. The van der Waals surface area contributed by atoms with Gasteiger partial charge in [0.1, 0.15) is 0 Å². The first kappa shape index (κ1) is 16.4. The second kappa shape index (κ2) is 6.24. The van der Waals surface area contributed by atoms with Crippen LogP contribution in [0.1, 0.15) is 10.4 Å². The standard InChI is InChI=1S/C17H13F3N2OS/c1-11-9-22(16(24-11)21-15(23)17(18,19)20)10-13-7-4-6-12-5-2-3-8-14(12)13/h2-9H,10H2,1H3. The summed E-state index contributed by atoms with van der Waals surface area (Å²) in [6.07, 6.45) is -3.26. The average molecular weight is 350 g/mol. The van der Waals surface area contributed by atoms with Crippen LogP contribution in [-0.2, 0) is 11.3 Å². The molecule has 0 radical (unpaired) electrons. The molecule has 0 unspecified atom stereocenters. The molecule has 0 aliphatic carbocycles. The van der Waals surface area contributed by atoms with Crippen LogP contribution in [0.15, 0.2) is 53.7 Å². The van der Waals surface area contributed by atoms with Gasteiger partial charge >= 0.3 is 12.1 Å². The summed E-state index contributed by atoms with van der Waals surface area (Å²) in [5.74, 6) is -2.09. The lowest BCUT2D eigenvalue weighted by atomic mass is 10.0. The predicted molar refractivity (Wildman–Crippen MR) is 86.7 cm³/mol. The van der Waals surface area contributed by atoms with Gasteiger partial charge in [-0.1, -0.05) is 42.5 Å². The molecule has 1 heterocycles. The van der Waals surface area contributed by atoms with Crippen LogP contribution in [0.4, 0.5) is 13.2 Å². The Kier molecular flexibility index (Phi) is 4.28. The number of benzene rings is 2. The summed E-state index contributed by atoms with van der Waals surface area (Å²) in [6, 6.07) is 13.6. The van der Waals surface area contributed by atoms with E-state index in [0.717, 1.165) is 32.5 Å². The third-order valence-corrected chi connectivity index (χ3v) is 4.43. The summed E-state index contributed by atoms with van der Waals surface area (Å²) >= 11 is 1.06. The van der Waals surface area contributed by atoms with Gasteiger partial charge in [-0.05, 0) is 23.3 Å². The Hall–Kier alpha value is -2.41. The maximum atomic E-state index is 12.5. The molecule has 3 nitrogen and oxygen atoms in total. The van der Waals surface area contributed by atoms with E-state index in [9.17, 15) is 18.0 Å². The van der Waals surface area contributed by atoms with Crippen molar-refractivity contribution in [2.45, 2.75) is 19.6 Å². The normalized spacial score (nSPS) is 12.8. The van der Waals surface area contributed by atoms with E-state index in [2.05, 4.69) is 4.99 Å². The fraction of sp³-hybridized carbons (Fsp3) is 0.176. The molecule has 7 heteroatoms. The van der Waals surface area contributed by atoms with Gasteiger partial charge in [-0.2, -0.15) is 18.2 Å². The number of amides is 1. The summed E-state index contributed by atoms with van der Waals surface area (Å²) in [5.41, 5.74) is 0.951. The highest BCUT2D eigenvalue weighted by atomic mass is 32.1. The fourth-order valence-corrected chi connectivity index (χ4v) is 3.30. The van der Waals surface area contributed by atoms with Crippen LogP contribution < -0.4 is 4.80 Å². The average Bonchev–Trinajstić information content (AvgIpc) is 2.86. The number of fused-ring (bicyclic) bond motifs is 1. The van der Waals surface area contributed by atoms with Crippen molar-refractivity contribution in [3.8, 4) is 0 Å². The van der Waals surface area contributed by atoms with E-state index in [0.29, 0.717) is 6.54 Å². The molecule has 2 aromatic carbocycles. The van der Waals surface area contributed by atoms with E-state index < -0.39 is 12.1 Å². The molecule has 3 rings (SSSR count). The number of carbonyl (C=O) groups excluding carboxylic acids is 1. The smallest absolute Gasteiger partial charge is 0.319 e. The zero-order valence-corrected chi connectivity index (χ0v) is 13.5. The third kappa shape index (κ3) is 3.41. The molecule has 0 aliphatic heterocycles. The van der Waals surface area contributed by atoms with E-state index in [-0.39, 0.29) is 4.80 Å². The second-order valence-corrected chi connectivity index (χ2v) is 6.52. The lowest BCUT2D eigenvalue weighted by Gasteiger charge is -2.08. The summed E-state index contributed by atoms with van der Waals surface area (Å²) in [6.45, 7) is 2.11. The minimum atomic E-state index is -4.96. The van der Waals surface area contributed by atoms with E-state index in [1.165, 1.54) is 0 Å². The van der Waals surface area contributed by atoms with Crippen molar-refractivity contribution < 1.29 is 18.0 Å². The molecular formula is C17H13F3N2OS.